The first-order chi connectivity index (χ1) is 21.0. The molecule has 0 amide bonds. The minimum absolute atomic E-state index is 0.0136. The lowest BCUT2D eigenvalue weighted by molar-refractivity contribution is -0.161. The number of nitrogens with zero attached hydrogens (tertiary/aromatic N) is 2. The van der Waals surface area contributed by atoms with Gasteiger partial charge in [-0.1, -0.05) is 26.0 Å². The number of fused-ring (bicyclic) bond motifs is 1. The Kier molecular flexibility index (Phi) is 11.8. The Balaban J connectivity index is 0.00000216. The molecule has 4 heterocycles. The molecule has 8 heteroatoms. The Hall–Kier alpha value is -2.55. The van der Waals surface area contributed by atoms with Gasteiger partial charge in [0.25, 0.3) is 0 Å². The number of halogens is 1. The van der Waals surface area contributed by atoms with E-state index in [4.69, 9.17) is 19.2 Å². The van der Waals surface area contributed by atoms with Gasteiger partial charge >= 0.3 is 5.97 Å². The van der Waals surface area contributed by atoms with Crippen molar-refractivity contribution in [1.29, 1.82) is 0 Å². The van der Waals surface area contributed by atoms with Crippen molar-refractivity contribution in [2.24, 2.45) is 0 Å². The summed E-state index contributed by atoms with van der Waals surface area (Å²) in [5.74, 6) is 0.320. The van der Waals surface area contributed by atoms with Gasteiger partial charge in [0.2, 0.25) is 0 Å². The minimum Gasteiger partial charge on any atom is -0.459 e. The summed E-state index contributed by atoms with van der Waals surface area (Å²) in [6.07, 6.45) is 7.53. The predicted molar refractivity (Wildman–Crippen MR) is 173 cm³/mol. The summed E-state index contributed by atoms with van der Waals surface area (Å²) in [5, 5.41) is 3.41. The molecule has 0 spiro atoms. The van der Waals surface area contributed by atoms with E-state index in [1.165, 1.54) is 24.1 Å². The molecule has 2 saturated heterocycles. The molecule has 2 aromatic rings. The number of aromatic nitrogens is 1. The topological polar surface area (TPSA) is 72.9 Å². The van der Waals surface area contributed by atoms with E-state index in [0.717, 1.165) is 68.6 Å². The van der Waals surface area contributed by atoms with Crippen molar-refractivity contribution in [3.05, 3.63) is 58.5 Å². The van der Waals surface area contributed by atoms with Crippen LogP contribution in [0.3, 0.4) is 0 Å². The average molecular weight is 612 g/mol. The molecule has 1 aromatic carbocycles. The number of hydrogen-bond acceptors (Lipinski definition) is 7. The summed E-state index contributed by atoms with van der Waals surface area (Å²) < 4.78 is 33.2. The second-order valence-electron chi connectivity index (χ2n) is 13.7. The smallest absolute Gasteiger partial charge is 0.328 e. The molecule has 3 unspecified atom stereocenters. The molecule has 0 saturated carbocycles. The van der Waals surface area contributed by atoms with Crippen molar-refractivity contribution >= 4 is 11.8 Å². The standard InChI is InChI=1S/C34H48FN3O4.C2H6/c1-33(2,3)42-32(39)30(28-21-24(35)12-14-27(28)29-15-17-34(4,5)41-29)38-19-16-26(22-38)40-20-7-6-10-25-13-11-23-9-8-18-36-31(23)37-25;1-2/h11-14,21,26,29-30H,6-10,15-20,22H2,1-5H3,(H,36,37);1-2H3. The highest BCUT2D eigenvalue weighted by Crippen LogP contribution is 2.43. The molecule has 44 heavy (non-hydrogen) atoms. The van der Waals surface area contributed by atoms with E-state index in [0.29, 0.717) is 25.3 Å². The molecule has 1 N–H and O–H groups in total. The third-order valence-corrected chi connectivity index (χ3v) is 8.46. The molecule has 5 rings (SSSR count). The Morgan fingerprint density at radius 1 is 1.18 bits per heavy atom. The van der Waals surface area contributed by atoms with Crippen LogP contribution in [0.2, 0.25) is 0 Å². The summed E-state index contributed by atoms with van der Waals surface area (Å²) in [6.45, 7) is 16.7. The summed E-state index contributed by atoms with van der Waals surface area (Å²) in [4.78, 5) is 20.6. The first-order valence-corrected chi connectivity index (χ1v) is 16.8. The number of anilines is 1. The molecule has 244 valence electrons. The number of carbonyl (C=O) groups excluding carboxylic acids is 1. The highest BCUT2D eigenvalue weighted by atomic mass is 19.1. The quantitative estimate of drug-likeness (QED) is 0.218. The van der Waals surface area contributed by atoms with Gasteiger partial charge in [-0.15, -0.1) is 0 Å². The zero-order valence-electron chi connectivity index (χ0n) is 28.0. The summed E-state index contributed by atoms with van der Waals surface area (Å²) in [5.41, 5.74) is 3.03. The SMILES string of the molecule is CC.CC(C)(C)OC(=O)C(c1cc(F)ccc1C1CCC(C)(C)O1)N1CCC(OCCCCc2ccc3c(n2)NCCC3)C1. The Morgan fingerprint density at radius 3 is 2.70 bits per heavy atom. The van der Waals surface area contributed by atoms with Crippen LogP contribution in [0, 0.1) is 5.82 Å². The number of ether oxygens (including phenoxy) is 3. The van der Waals surface area contributed by atoms with Crippen molar-refractivity contribution in [3.8, 4) is 0 Å². The van der Waals surface area contributed by atoms with Crippen molar-refractivity contribution in [2.75, 3.05) is 31.6 Å². The van der Waals surface area contributed by atoms with Crippen LogP contribution in [-0.2, 0) is 31.8 Å². The van der Waals surface area contributed by atoms with E-state index in [1.807, 2.05) is 34.6 Å². The van der Waals surface area contributed by atoms with Crippen LogP contribution in [0.4, 0.5) is 10.2 Å². The van der Waals surface area contributed by atoms with Crippen LogP contribution >= 0.6 is 0 Å². The van der Waals surface area contributed by atoms with Crippen LogP contribution in [0.5, 0.6) is 0 Å². The lowest BCUT2D eigenvalue weighted by Gasteiger charge is -2.32. The third-order valence-electron chi connectivity index (χ3n) is 8.46. The zero-order valence-corrected chi connectivity index (χ0v) is 28.0. The second-order valence-corrected chi connectivity index (χ2v) is 13.7. The molecule has 2 fully saturated rings. The number of hydrogen-bond donors (Lipinski definition) is 1. The number of likely N-dealkylation sites (tertiary alicyclic amines) is 1. The molecule has 3 atom stereocenters. The van der Waals surface area contributed by atoms with Crippen molar-refractivity contribution in [1.82, 2.24) is 9.88 Å². The van der Waals surface area contributed by atoms with Crippen molar-refractivity contribution in [2.45, 2.75) is 129 Å². The van der Waals surface area contributed by atoms with Gasteiger partial charge in [-0.25, -0.2) is 14.2 Å². The number of pyridine rings is 1. The van der Waals surface area contributed by atoms with Gasteiger partial charge < -0.3 is 19.5 Å². The van der Waals surface area contributed by atoms with Crippen LogP contribution in [0.1, 0.15) is 122 Å². The number of benzene rings is 1. The first-order valence-electron chi connectivity index (χ1n) is 16.8. The number of carbonyl (C=O) groups is 1. The highest BCUT2D eigenvalue weighted by molar-refractivity contribution is 5.79. The number of unbranched alkanes of at least 4 members (excludes halogenated alkanes) is 1. The number of esters is 1. The van der Waals surface area contributed by atoms with Crippen LogP contribution in [-0.4, -0.2) is 59.4 Å². The Morgan fingerprint density at radius 2 is 1.98 bits per heavy atom. The maximum atomic E-state index is 14.7. The lowest BCUT2D eigenvalue weighted by Crippen LogP contribution is -2.38. The average Bonchev–Trinajstić information content (AvgIpc) is 3.59. The van der Waals surface area contributed by atoms with E-state index in [1.54, 1.807) is 6.07 Å². The highest BCUT2D eigenvalue weighted by Gasteiger charge is 2.41. The van der Waals surface area contributed by atoms with Gasteiger partial charge in [0.15, 0.2) is 0 Å². The number of aryl methyl sites for hydroxylation is 2. The molecule has 0 bridgehead atoms. The molecule has 0 aliphatic carbocycles. The molecule has 1 aromatic heterocycles. The molecular formula is C36H54FN3O4. The Labute approximate surface area is 264 Å². The Bertz CT molecular complexity index is 1240. The normalized spacial score (nSPS) is 22.0. The van der Waals surface area contributed by atoms with Gasteiger partial charge in [-0.3, -0.25) is 4.90 Å². The second kappa shape index (κ2) is 15.2. The maximum Gasteiger partial charge on any atom is 0.328 e. The summed E-state index contributed by atoms with van der Waals surface area (Å²) in [6, 6.07) is 8.38. The molecule has 7 nitrogen and oxygen atoms in total. The van der Waals surface area contributed by atoms with Crippen LogP contribution in [0.15, 0.2) is 30.3 Å². The van der Waals surface area contributed by atoms with E-state index in [2.05, 4.69) is 36.2 Å². The largest absolute Gasteiger partial charge is 0.459 e. The van der Waals surface area contributed by atoms with Gasteiger partial charge in [0, 0.05) is 31.9 Å². The molecule has 0 radical (unpaired) electrons. The zero-order chi connectivity index (χ0) is 31.9. The van der Waals surface area contributed by atoms with Crippen LogP contribution in [0.25, 0.3) is 0 Å². The summed E-state index contributed by atoms with van der Waals surface area (Å²) in [7, 11) is 0. The fourth-order valence-corrected chi connectivity index (χ4v) is 6.40. The fraction of sp³-hybridized carbons (Fsp3) is 0.667. The number of nitrogens with one attached hydrogen (secondary N) is 1. The van der Waals surface area contributed by atoms with Crippen LogP contribution < -0.4 is 5.32 Å². The third kappa shape index (κ3) is 9.24. The van der Waals surface area contributed by atoms with Gasteiger partial charge in [-0.2, -0.15) is 0 Å². The van der Waals surface area contributed by atoms with Gasteiger partial charge in [0.05, 0.1) is 17.8 Å². The molecular weight excluding hydrogens is 557 g/mol. The van der Waals surface area contributed by atoms with Crippen molar-refractivity contribution < 1.29 is 23.4 Å². The van der Waals surface area contributed by atoms with E-state index in [9.17, 15) is 9.18 Å². The minimum atomic E-state index is -0.723. The van der Waals surface area contributed by atoms with Gasteiger partial charge in [0.1, 0.15) is 23.3 Å². The summed E-state index contributed by atoms with van der Waals surface area (Å²) >= 11 is 0. The molecule has 3 aliphatic heterocycles. The maximum absolute atomic E-state index is 14.7. The van der Waals surface area contributed by atoms with E-state index >= 15 is 0 Å². The fourth-order valence-electron chi connectivity index (χ4n) is 6.40. The number of rotatable bonds is 10. The van der Waals surface area contributed by atoms with Gasteiger partial charge in [-0.05, 0) is 121 Å². The molecule has 3 aliphatic rings. The first kappa shape index (κ1) is 34.3. The van der Waals surface area contributed by atoms with Crippen molar-refractivity contribution in [3.63, 3.8) is 0 Å². The monoisotopic (exact) mass is 611 g/mol. The van der Waals surface area contributed by atoms with E-state index < -0.39 is 11.6 Å². The predicted octanol–water partition coefficient (Wildman–Crippen LogP) is 7.73. The van der Waals surface area contributed by atoms with E-state index in [-0.39, 0.29) is 29.6 Å². The lowest BCUT2D eigenvalue weighted by atomic mass is 9.93.